The van der Waals surface area contributed by atoms with Crippen molar-refractivity contribution in [2.75, 3.05) is 0 Å². The van der Waals surface area contributed by atoms with Crippen LogP contribution in [0, 0.1) is 12.7 Å². The van der Waals surface area contributed by atoms with Crippen LogP contribution in [0.2, 0.25) is 0 Å². The number of aromatic nitrogens is 1. The Morgan fingerprint density at radius 1 is 1.13 bits per heavy atom. The van der Waals surface area contributed by atoms with E-state index >= 15 is 0 Å². The van der Waals surface area contributed by atoms with Gasteiger partial charge in [0.2, 0.25) is 0 Å². The van der Waals surface area contributed by atoms with Gasteiger partial charge in [-0.1, -0.05) is 42.0 Å². The largest absolute Gasteiger partial charge is 0.443 e. The number of benzene rings is 2. The Hall–Kier alpha value is -2.95. The van der Waals surface area contributed by atoms with E-state index in [0.29, 0.717) is 12.3 Å². The van der Waals surface area contributed by atoms with Crippen molar-refractivity contribution in [2.45, 2.75) is 13.5 Å². The summed E-state index contributed by atoms with van der Waals surface area (Å²) in [6.45, 7) is 2.28. The summed E-state index contributed by atoms with van der Waals surface area (Å²) in [7, 11) is 0. The molecule has 0 aliphatic heterocycles. The number of nitrogens with one attached hydrogen (secondary N) is 1. The average Bonchev–Trinajstić information content (AvgIpc) is 3.04. The Bertz CT molecular complexity index is 808. The number of nitrogens with zero attached hydrogens (tertiary/aromatic N) is 1. The number of hydrogen-bond donors (Lipinski definition) is 1. The third-order valence-corrected chi connectivity index (χ3v) is 3.46. The Labute approximate surface area is 133 Å². The third kappa shape index (κ3) is 3.45. The van der Waals surface area contributed by atoms with E-state index in [4.69, 9.17) is 4.42 Å². The van der Waals surface area contributed by atoms with Crippen LogP contribution in [0.3, 0.4) is 0 Å². The van der Waals surface area contributed by atoms with Crippen molar-refractivity contribution in [2.24, 2.45) is 0 Å². The highest BCUT2D eigenvalue weighted by atomic mass is 19.1. The molecule has 0 saturated carbocycles. The van der Waals surface area contributed by atoms with Gasteiger partial charge in [0.05, 0.1) is 0 Å². The molecule has 5 heteroatoms. The third-order valence-electron chi connectivity index (χ3n) is 3.46. The average molecular weight is 310 g/mol. The molecule has 1 N–H and O–H groups in total. The van der Waals surface area contributed by atoms with Gasteiger partial charge in [0.15, 0.2) is 17.8 Å². The Morgan fingerprint density at radius 2 is 1.83 bits per heavy atom. The molecule has 3 aromatic rings. The first kappa shape index (κ1) is 15.0. The second kappa shape index (κ2) is 6.44. The molecule has 2 aromatic carbocycles. The molecule has 1 heterocycles. The first-order chi connectivity index (χ1) is 11.1. The van der Waals surface area contributed by atoms with Gasteiger partial charge in [-0.15, -0.1) is 0 Å². The van der Waals surface area contributed by atoms with Gasteiger partial charge in [-0.25, -0.2) is 9.37 Å². The lowest BCUT2D eigenvalue weighted by atomic mass is 10.1. The number of carbonyl (C=O) groups excluding carboxylic acids is 1. The molecule has 4 nitrogen and oxygen atoms in total. The van der Waals surface area contributed by atoms with Crippen molar-refractivity contribution in [1.82, 2.24) is 10.3 Å². The van der Waals surface area contributed by atoms with E-state index in [-0.39, 0.29) is 17.4 Å². The Balaban J connectivity index is 1.74. The molecule has 1 amide bonds. The lowest BCUT2D eigenvalue weighted by Crippen LogP contribution is -2.23. The quantitative estimate of drug-likeness (QED) is 0.799. The molecule has 0 bridgehead atoms. The maximum Gasteiger partial charge on any atom is 0.274 e. The minimum absolute atomic E-state index is 0.232. The molecular formula is C18H15FN2O2. The van der Waals surface area contributed by atoms with Crippen molar-refractivity contribution < 1.29 is 13.6 Å². The fourth-order valence-corrected chi connectivity index (χ4v) is 2.19. The number of hydrogen-bond acceptors (Lipinski definition) is 3. The normalized spacial score (nSPS) is 10.5. The van der Waals surface area contributed by atoms with Gasteiger partial charge in [-0.2, -0.15) is 0 Å². The van der Waals surface area contributed by atoms with Crippen LogP contribution in [0.25, 0.3) is 11.3 Å². The Morgan fingerprint density at radius 3 is 2.52 bits per heavy atom. The summed E-state index contributed by atoms with van der Waals surface area (Å²) >= 11 is 0. The molecule has 0 aliphatic carbocycles. The maximum atomic E-state index is 12.9. The van der Waals surface area contributed by atoms with E-state index in [2.05, 4.69) is 10.3 Å². The molecule has 23 heavy (non-hydrogen) atoms. The van der Waals surface area contributed by atoms with Gasteiger partial charge in [0.1, 0.15) is 5.82 Å². The molecule has 0 radical (unpaired) electrons. The van der Waals surface area contributed by atoms with Gasteiger partial charge in [-0.3, -0.25) is 4.79 Å². The number of oxazole rings is 1. The number of aryl methyl sites for hydroxylation is 1. The van der Waals surface area contributed by atoms with Crippen molar-refractivity contribution in [3.63, 3.8) is 0 Å². The van der Waals surface area contributed by atoms with Crippen LogP contribution in [-0.2, 0) is 6.54 Å². The van der Waals surface area contributed by atoms with E-state index < -0.39 is 0 Å². The first-order valence-corrected chi connectivity index (χ1v) is 7.16. The summed E-state index contributed by atoms with van der Waals surface area (Å²) in [5.74, 6) is -0.210. The van der Waals surface area contributed by atoms with Gasteiger partial charge in [-0.05, 0) is 24.6 Å². The minimum atomic E-state index is -0.335. The zero-order chi connectivity index (χ0) is 16.2. The van der Waals surface area contributed by atoms with E-state index in [1.807, 2.05) is 31.2 Å². The van der Waals surface area contributed by atoms with Crippen LogP contribution in [-0.4, -0.2) is 10.9 Å². The monoisotopic (exact) mass is 310 g/mol. The van der Waals surface area contributed by atoms with Crippen molar-refractivity contribution in [3.8, 4) is 11.3 Å². The number of halogens is 1. The Kier molecular flexibility index (Phi) is 4.19. The summed E-state index contributed by atoms with van der Waals surface area (Å²) in [5, 5.41) is 2.76. The van der Waals surface area contributed by atoms with Crippen LogP contribution >= 0.6 is 0 Å². The molecule has 3 rings (SSSR count). The van der Waals surface area contributed by atoms with Gasteiger partial charge < -0.3 is 9.73 Å². The van der Waals surface area contributed by atoms with Crippen LogP contribution in [0.5, 0.6) is 0 Å². The summed E-state index contributed by atoms with van der Waals surface area (Å²) in [6, 6.07) is 13.6. The minimum Gasteiger partial charge on any atom is -0.443 e. The van der Waals surface area contributed by atoms with E-state index in [0.717, 1.165) is 16.7 Å². The van der Waals surface area contributed by atoms with Crippen molar-refractivity contribution >= 4 is 5.91 Å². The van der Waals surface area contributed by atoms with Crippen LogP contribution in [0.1, 0.15) is 21.6 Å². The predicted molar refractivity (Wildman–Crippen MR) is 84.2 cm³/mol. The molecule has 0 atom stereocenters. The van der Waals surface area contributed by atoms with E-state index in [1.165, 1.54) is 18.5 Å². The maximum absolute atomic E-state index is 12.9. The van der Waals surface area contributed by atoms with Crippen LogP contribution < -0.4 is 5.32 Å². The molecule has 0 spiro atoms. The fourth-order valence-electron chi connectivity index (χ4n) is 2.19. The standard InChI is InChI=1S/C18H15FN2O2/c1-12-2-6-14(7-3-12)17-16(21-11-23-17)18(22)20-10-13-4-8-15(19)9-5-13/h2-9,11H,10H2,1H3,(H,20,22). The van der Waals surface area contributed by atoms with Gasteiger partial charge >= 0.3 is 0 Å². The molecular weight excluding hydrogens is 295 g/mol. The predicted octanol–water partition coefficient (Wildman–Crippen LogP) is 3.72. The molecule has 0 unspecified atom stereocenters. The molecule has 0 saturated heterocycles. The highest BCUT2D eigenvalue weighted by Gasteiger charge is 2.17. The summed E-state index contributed by atoms with van der Waals surface area (Å²) in [6.07, 6.45) is 1.25. The van der Waals surface area contributed by atoms with Gasteiger partial charge in [0.25, 0.3) is 5.91 Å². The highest BCUT2D eigenvalue weighted by molar-refractivity contribution is 5.97. The first-order valence-electron chi connectivity index (χ1n) is 7.16. The number of amides is 1. The summed E-state index contributed by atoms with van der Waals surface area (Å²) < 4.78 is 18.2. The molecule has 1 aromatic heterocycles. The molecule has 116 valence electrons. The second-order valence-electron chi connectivity index (χ2n) is 5.21. The lowest BCUT2D eigenvalue weighted by Gasteiger charge is -2.05. The fraction of sp³-hybridized carbons (Fsp3) is 0.111. The summed E-state index contributed by atoms with van der Waals surface area (Å²) in [4.78, 5) is 16.3. The van der Waals surface area contributed by atoms with E-state index in [9.17, 15) is 9.18 Å². The second-order valence-corrected chi connectivity index (χ2v) is 5.21. The highest BCUT2D eigenvalue weighted by Crippen LogP contribution is 2.23. The lowest BCUT2D eigenvalue weighted by molar-refractivity contribution is 0.0947. The molecule has 0 aliphatic rings. The van der Waals surface area contributed by atoms with Crippen LogP contribution in [0.15, 0.2) is 59.3 Å². The zero-order valence-corrected chi connectivity index (χ0v) is 12.5. The van der Waals surface area contributed by atoms with Crippen molar-refractivity contribution in [1.29, 1.82) is 0 Å². The zero-order valence-electron chi connectivity index (χ0n) is 12.5. The smallest absolute Gasteiger partial charge is 0.274 e. The summed E-state index contributed by atoms with van der Waals surface area (Å²) in [5.41, 5.74) is 2.95. The van der Waals surface area contributed by atoms with E-state index in [1.54, 1.807) is 12.1 Å². The van der Waals surface area contributed by atoms with Crippen LogP contribution in [0.4, 0.5) is 4.39 Å². The van der Waals surface area contributed by atoms with Crippen molar-refractivity contribution in [3.05, 3.63) is 77.6 Å². The number of rotatable bonds is 4. The topological polar surface area (TPSA) is 55.1 Å². The number of carbonyl (C=O) groups is 1. The SMILES string of the molecule is Cc1ccc(-c2ocnc2C(=O)NCc2ccc(F)cc2)cc1. The van der Waals surface area contributed by atoms with Gasteiger partial charge in [0, 0.05) is 12.1 Å². The molecule has 0 fully saturated rings.